The van der Waals surface area contributed by atoms with E-state index in [1.54, 1.807) is 0 Å². The van der Waals surface area contributed by atoms with Crippen molar-refractivity contribution in [3.8, 4) is 0 Å². The third-order valence-corrected chi connectivity index (χ3v) is 4.26. The van der Waals surface area contributed by atoms with Crippen molar-refractivity contribution in [2.75, 3.05) is 0 Å². The van der Waals surface area contributed by atoms with Crippen molar-refractivity contribution >= 4 is 5.78 Å². The predicted molar refractivity (Wildman–Crippen MR) is 78.9 cm³/mol. The molecule has 0 bridgehead atoms. The second-order valence-corrected chi connectivity index (χ2v) is 6.56. The highest BCUT2D eigenvalue weighted by Crippen LogP contribution is 2.63. The van der Waals surface area contributed by atoms with E-state index in [4.69, 9.17) is 0 Å². The first-order valence-corrected chi connectivity index (χ1v) is 8.26. The van der Waals surface area contributed by atoms with Crippen molar-refractivity contribution in [1.29, 1.82) is 0 Å². The molecule has 35 heavy (non-hydrogen) atoms. The Morgan fingerprint density at radius 2 is 1.06 bits per heavy atom. The van der Waals surface area contributed by atoms with Gasteiger partial charge in [-0.15, -0.1) is 0 Å². The lowest BCUT2D eigenvalue weighted by Gasteiger charge is -2.40. The minimum Gasteiger partial charge on any atom is -0.332 e. The number of halogens is 15. The Bertz CT molecular complexity index is 1080. The molecular formula is C16H5F15N2O2. The fraction of sp³-hybridized carbons (Fsp3) is 0.438. The van der Waals surface area contributed by atoms with Gasteiger partial charge in [-0.3, -0.25) is 4.79 Å². The molecule has 0 saturated carbocycles. The molecule has 0 aliphatic rings. The number of carbonyl (C=O) groups excluding carboxylic acids is 1. The molecule has 0 saturated heterocycles. The van der Waals surface area contributed by atoms with Crippen molar-refractivity contribution in [1.82, 2.24) is 10.1 Å². The van der Waals surface area contributed by atoms with Crippen LogP contribution in [0.5, 0.6) is 0 Å². The molecular weight excluding hydrogens is 537 g/mol. The number of ketones is 1. The van der Waals surface area contributed by atoms with Crippen LogP contribution in [0.4, 0.5) is 65.9 Å². The lowest BCUT2D eigenvalue weighted by atomic mass is 9.91. The number of aromatic nitrogens is 2. The van der Waals surface area contributed by atoms with Crippen LogP contribution in [-0.4, -0.2) is 51.7 Å². The van der Waals surface area contributed by atoms with Crippen LogP contribution in [0.3, 0.4) is 0 Å². The third-order valence-electron chi connectivity index (χ3n) is 4.26. The summed E-state index contributed by atoms with van der Waals surface area (Å²) >= 11 is 0. The molecule has 1 aromatic heterocycles. The highest BCUT2D eigenvalue weighted by Gasteiger charge is 2.94. The number of rotatable bonds is 8. The average molecular weight is 542 g/mol. The van der Waals surface area contributed by atoms with Gasteiger partial charge in [0.1, 0.15) is 0 Å². The molecule has 0 amide bonds. The Labute approximate surface area is 181 Å². The summed E-state index contributed by atoms with van der Waals surface area (Å²) < 4.78 is 202. The van der Waals surface area contributed by atoms with E-state index in [1.165, 1.54) is 18.2 Å². The Balaban J connectivity index is 2.55. The predicted octanol–water partition coefficient (Wildman–Crippen LogP) is 6.13. The van der Waals surface area contributed by atoms with Crippen LogP contribution in [0.15, 0.2) is 34.9 Å². The SMILES string of the molecule is O=C(c1ccccc1)c1noc(C(F)(F)C(F)(F)C(F)(F)C(F)(F)C(F)(F)C(F)(F)C(F)(F)F)n1. The van der Waals surface area contributed by atoms with Crippen LogP contribution in [0.25, 0.3) is 0 Å². The Kier molecular flexibility index (Phi) is 6.45. The molecule has 0 aliphatic carbocycles. The van der Waals surface area contributed by atoms with Gasteiger partial charge < -0.3 is 4.52 Å². The van der Waals surface area contributed by atoms with Crippen LogP contribution in [0.2, 0.25) is 0 Å². The zero-order valence-corrected chi connectivity index (χ0v) is 15.8. The first-order chi connectivity index (χ1) is 15.5. The first kappa shape index (κ1) is 28.2. The summed E-state index contributed by atoms with van der Waals surface area (Å²) in [6.45, 7) is 0. The van der Waals surface area contributed by atoms with E-state index in [0.717, 1.165) is 12.1 Å². The maximum atomic E-state index is 14.0. The summed E-state index contributed by atoms with van der Waals surface area (Å²) in [5.41, 5.74) is -0.430. The summed E-state index contributed by atoms with van der Waals surface area (Å²) in [7, 11) is 0. The number of alkyl halides is 15. The van der Waals surface area contributed by atoms with E-state index in [9.17, 15) is 70.7 Å². The van der Waals surface area contributed by atoms with Crippen molar-refractivity contribution in [3.05, 3.63) is 47.6 Å². The summed E-state index contributed by atoms with van der Waals surface area (Å²) in [5, 5.41) is 2.44. The molecule has 2 aromatic rings. The average Bonchev–Trinajstić information content (AvgIpc) is 3.23. The fourth-order valence-corrected chi connectivity index (χ4v) is 2.26. The summed E-state index contributed by atoms with van der Waals surface area (Å²) in [6.07, 6.45) is -7.70. The van der Waals surface area contributed by atoms with Crippen LogP contribution in [0, 0.1) is 0 Å². The molecule has 0 fully saturated rings. The lowest BCUT2D eigenvalue weighted by Crippen LogP contribution is -2.72. The minimum absolute atomic E-state index is 0.430. The van der Waals surface area contributed by atoms with Gasteiger partial charge >= 0.3 is 47.6 Å². The highest BCUT2D eigenvalue weighted by molar-refractivity contribution is 6.06. The van der Waals surface area contributed by atoms with Gasteiger partial charge in [0.15, 0.2) is 0 Å². The van der Waals surface area contributed by atoms with Gasteiger partial charge in [0.2, 0.25) is 11.6 Å². The standard InChI is InChI=1S/C16H5F15N2O2/c17-10(18,9-32-8(33-35-9)7(34)6-4-2-1-3-5-6)11(19,20)12(21,22)13(23,24)14(25,26)15(27,28)16(29,30)31/h1-5H. The zero-order valence-electron chi connectivity index (χ0n) is 15.8. The molecule has 0 aliphatic heterocycles. The number of nitrogens with zero attached hydrogens (tertiary/aromatic N) is 2. The van der Waals surface area contributed by atoms with Gasteiger partial charge in [0.25, 0.3) is 0 Å². The van der Waals surface area contributed by atoms with E-state index >= 15 is 0 Å². The molecule has 19 heteroatoms. The van der Waals surface area contributed by atoms with Crippen molar-refractivity contribution in [2.24, 2.45) is 0 Å². The van der Waals surface area contributed by atoms with Gasteiger partial charge in [-0.25, -0.2) is 0 Å². The normalized spacial score (nSPS) is 14.8. The number of benzene rings is 1. The third kappa shape index (κ3) is 3.87. The summed E-state index contributed by atoms with van der Waals surface area (Å²) in [4.78, 5) is 14.3. The molecule has 196 valence electrons. The minimum atomic E-state index is -8.45. The van der Waals surface area contributed by atoms with Crippen LogP contribution < -0.4 is 0 Å². The van der Waals surface area contributed by atoms with E-state index in [1.807, 2.05) is 0 Å². The van der Waals surface area contributed by atoms with Crippen molar-refractivity contribution in [2.45, 2.75) is 41.7 Å². The molecule has 0 radical (unpaired) electrons. The molecule has 0 N–H and O–H groups in total. The highest BCUT2D eigenvalue weighted by atomic mass is 19.4. The maximum absolute atomic E-state index is 14.0. The fourth-order valence-electron chi connectivity index (χ4n) is 2.26. The number of carbonyl (C=O) groups is 1. The largest absolute Gasteiger partial charge is 0.460 e. The second-order valence-electron chi connectivity index (χ2n) is 6.56. The van der Waals surface area contributed by atoms with Crippen molar-refractivity contribution in [3.63, 3.8) is 0 Å². The Morgan fingerprint density at radius 3 is 1.51 bits per heavy atom. The van der Waals surface area contributed by atoms with Crippen LogP contribution in [0.1, 0.15) is 22.1 Å². The zero-order chi connectivity index (χ0) is 27.5. The number of hydrogen-bond acceptors (Lipinski definition) is 4. The van der Waals surface area contributed by atoms with E-state index < -0.39 is 64.8 Å². The molecule has 0 atom stereocenters. The lowest BCUT2D eigenvalue weighted by molar-refractivity contribution is -0.454. The van der Waals surface area contributed by atoms with Crippen molar-refractivity contribution < 1.29 is 75.2 Å². The monoisotopic (exact) mass is 542 g/mol. The summed E-state index contributed by atoms with van der Waals surface area (Å²) in [5.74, 6) is -54.1. The maximum Gasteiger partial charge on any atom is 0.460 e. The molecule has 4 nitrogen and oxygen atoms in total. The van der Waals surface area contributed by atoms with Crippen LogP contribution in [-0.2, 0) is 5.92 Å². The van der Waals surface area contributed by atoms with E-state index in [2.05, 4.69) is 14.7 Å². The van der Waals surface area contributed by atoms with Gasteiger partial charge in [-0.1, -0.05) is 35.5 Å². The van der Waals surface area contributed by atoms with E-state index in [0.29, 0.717) is 0 Å². The van der Waals surface area contributed by atoms with Gasteiger partial charge in [-0.2, -0.15) is 70.8 Å². The quantitative estimate of drug-likeness (QED) is 0.298. The van der Waals surface area contributed by atoms with E-state index in [-0.39, 0.29) is 0 Å². The molecule has 0 spiro atoms. The summed E-state index contributed by atoms with van der Waals surface area (Å²) in [6, 6.07) is 5.63. The second kappa shape index (κ2) is 8.00. The molecule has 1 heterocycles. The number of hydrogen-bond donors (Lipinski definition) is 0. The Hall–Kier alpha value is -3.02. The smallest absolute Gasteiger partial charge is 0.332 e. The molecule has 0 unspecified atom stereocenters. The topological polar surface area (TPSA) is 56.0 Å². The Morgan fingerprint density at radius 1 is 0.629 bits per heavy atom. The van der Waals surface area contributed by atoms with Gasteiger partial charge in [0.05, 0.1) is 0 Å². The van der Waals surface area contributed by atoms with Crippen LogP contribution >= 0.6 is 0 Å². The van der Waals surface area contributed by atoms with Gasteiger partial charge in [-0.05, 0) is 0 Å². The molecule has 2 rings (SSSR count). The first-order valence-electron chi connectivity index (χ1n) is 8.26. The molecule has 1 aromatic carbocycles. The van der Waals surface area contributed by atoms with Gasteiger partial charge in [0, 0.05) is 5.56 Å².